The smallest absolute Gasteiger partial charge is 0.243 e. The Labute approximate surface area is 171 Å². The van der Waals surface area contributed by atoms with Crippen LogP contribution in [0.5, 0.6) is 0 Å². The van der Waals surface area contributed by atoms with Crippen LogP contribution in [0.25, 0.3) is 0 Å². The van der Waals surface area contributed by atoms with Gasteiger partial charge in [-0.25, -0.2) is 8.42 Å². The maximum absolute atomic E-state index is 13.0. The fourth-order valence-corrected chi connectivity index (χ4v) is 4.04. The monoisotopic (exact) mass is 415 g/mol. The number of carbonyl (C=O) groups excluding carboxylic acids is 2. The van der Waals surface area contributed by atoms with E-state index in [4.69, 9.17) is 0 Å². The Kier molecular flexibility index (Phi) is 7.30. The number of nitrogens with one attached hydrogen (secondary N) is 2. The zero-order chi connectivity index (χ0) is 21.6. The largest absolute Gasteiger partial charge is 0.326 e. The van der Waals surface area contributed by atoms with Crippen LogP contribution in [0.3, 0.4) is 0 Å². The molecule has 0 aliphatic rings. The molecule has 2 N–H and O–H groups in total. The minimum atomic E-state index is -3.93. The lowest BCUT2D eigenvalue weighted by atomic mass is 10.1. The molecule has 154 valence electrons. The Morgan fingerprint density at radius 3 is 2.31 bits per heavy atom. The molecule has 7 nitrogen and oxygen atoms in total. The Hall–Kier alpha value is -2.97. The van der Waals surface area contributed by atoms with E-state index in [9.17, 15) is 18.0 Å². The molecule has 0 heterocycles. The first kappa shape index (κ1) is 22.3. The molecule has 29 heavy (non-hydrogen) atoms. The second kappa shape index (κ2) is 9.49. The number of nitrogens with zero attached hydrogens (tertiary/aromatic N) is 1. The molecule has 0 aromatic heterocycles. The summed E-state index contributed by atoms with van der Waals surface area (Å²) < 4.78 is 27.0. The number of sulfonamides is 1. The lowest BCUT2D eigenvalue weighted by Gasteiger charge is -2.21. The first-order valence-corrected chi connectivity index (χ1v) is 10.4. The molecular weight excluding hydrogens is 390 g/mol. The van der Waals surface area contributed by atoms with Gasteiger partial charge in [0, 0.05) is 24.8 Å². The number of amides is 2. The first-order valence-electron chi connectivity index (χ1n) is 8.99. The molecule has 2 aromatic carbocycles. The van der Waals surface area contributed by atoms with Gasteiger partial charge in [0.15, 0.2) is 0 Å². The number of carbonyl (C=O) groups is 2. The van der Waals surface area contributed by atoms with Crippen LogP contribution in [0.1, 0.15) is 18.1 Å². The number of hydrogen-bond acceptors (Lipinski definition) is 4. The van der Waals surface area contributed by atoms with E-state index in [-0.39, 0.29) is 23.9 Å². The number of rotatable bonds is 8. The van der Waals surface area contributed by atoms with Crippen LogP contribution in [-0.4, -0.2) is 37.6 Å². The van der Waals surface area contributed by atoms with Crippen LogP contribution in [0.15, 0.2) is 60.0 Å². The van der Waals surface area contributed by atoms with Crippen LogP contribution in [-0.2, 0) is 19.6 Å². The molecule has 0 saturated carbocycles. The van der Waals surface area contributed by atoms with Crippen molar-refractivity contribution in [3.8, 4) is 0 Å². The maximum atomic E-state index is 13.0. The Bertz CT molecular complexity index is 1010. The number of anilines is 2. The standard InChI is InChI=1S/C21H25N3O4S/c1-5-12-24(14-21(26)23-20-13-15(2)6-7-16(20)3)29(27,28)19-10-8-18(9-11-19)22-17(4)25/h5-11,13H,1,12,14H2,2-4H3,(H,22,25)(H,23,26). The molecule has 0 aliphatic carbocycles. The van der Waals surface area contributed by atoms with Gasteiger partial charge in [-0.1, -0.05) is 18.2 Å². The minimum Gasteiger partial charge on any atom is -0.326 e. The fraction of sp³-hybridized carbons (Fsp3) is 0.238. The van der Waals surface area contributed by atoms with E-state index in [0.29, 0.717) is 11.4 Å². The van der Waals surface area contributed by atoms with Crippen molar-refractivity contribution >= 4 is 33.2 Å². The summed E-state index contributed by atoms with van der Waals surface area (Å²) >= 11 is 0. The molecule has 0 atom stereocenters. The lowest BCUT2D eigenvalue weighted by Crippen LogP contribution is -2.38. The molecule has 2 amide bonds. The zero-order valence-electron chi connectivity index (χ0n) is 16.7. The number of benzene rings is 2. The second-order valence-electron chi connectivity index (χ2n) is 6.66. The van der Waals surface area contributed by atoms with E-state index in [2.05, 4.69) is 17.2 Å². The van der Waals surface area contributed by atoms with Gasteiger partial charge in [0.05, 0.1) is 11.4 Å². The summed E-state index contributed by atoms with van der Waals surface area (Å²) in [6.07, 6.45) is 1.43. The predicted octanol–water partition coefficient (Wildman–Crippen LogP) is 3.08. The highest BCUT2D eigenvalue weighted by molar-refractivity contribution is 7.89. The highest BCUT2D eigenvalue weighted by atomic mass is 32.2. The van der Waals surface area contributed by atoms with Gasteiger partial charge >= 0.3 is 0 Å². The third-order valence-corrected chi connectivity index (χ3v) is 5.96. The van der Waals surface area contributed by atoms with Gasteiger partial charge in [-0.15, -0.1) is 6.58 Å². The van der Waals surface area contributed by atoms with E-state index < -0.39 is 15.9 Å². The van der Waals surface area contributed by atoms with E-state index in [1.165, 1.54) is 37.3 Å². The normalized spacial score (nSPS) is 11.2. The SMILES string of the molecule is C=CCN(CC(=O)Nc1cc(C)ccc1C)S(=O)(=O)c1ccc(NC(C)=O)cc1. The van der Waals surface area contributed by atoms with Gasteiger partial charge < -0.3 is 10.6 Å². The van der Waals surface area contributed by atoms with Crippen molar-refractivity contribution in [2.75, 3.05) is 23.7 Å². The van der Waals surface area contributed by atoms with Crippen molar-refractivity contribution < 1.29 is 18.0 Å². The molecule has 2 aromatic rings. The van der Waals surface area contributed by atoms with Crippen LogP contribution in [0, 0.1) is 13.8 Å². The van der Waals surface area contributed by atoms with Gasteiger partial charge in [-0.05, 0) is 55.3 Å². The Morgan fingerprint density at radius 2 is 1.72 bits per heavy atom. The Balaban J connectivity index is 2.20. The molecule has 0 spiro atoms. The zero-order valence-corrected chi connectivity index (χ0v) is 17.5. The molecule has 0 aliphatic heterocycles. The van der Waals surface area contributed by atoms with Gasteiger partial charge in [-0.2, -0.15) is 4.31 Å². The summed E-state index contributed by atoms with van der Waals surface area (Å²) in [5.74, 6) is -0.698. The van der Waals surface area contributed by atoms with E-state index in [1.54, 1.807) is 0 Å². The predicted molar refractivity (Wildman–Crippen MR) is 114 cm³/mol. The third-order valence-electron chi connectivity index (χ3n) is 4.13. The summed E-state index contributed by atoms with van der Waals surface area (Å²) in [6, 6.07) is 11.4. The summed E-state index contributed by atoms with van der Waals surface area (Å²) in [4.78, 5) is 23.6. The maximum Gasteiger partial charge on any atom is 0.243 e. The summed E-state index contributed by atoms with van der Waals surface area (Å²) in [5, 5.41) is 5.35. The van der Waals surface area contributed by atoms with Crippen molar-refractivity contribution in [1.29, 1.82) is 0 Å². The molecule has 0 saturated heterocycles. The highest BCUT2D eigenvalue weighted by Crippen LogP contribution is 2.20. The second-order valence-corrected chi connectivity index (χ2v) is 8.60. The molecule has 0 fully saturated rings. The van der Waals surface area contributed by atoms with Crippen LogP contribution < -0.4 is 10.6 Å². The highest BCUT2D eigenvalue weighted by Gasteiger charge is 2.26. The lowest BCUT2D eigenvalue weighted by molar-refractivity contribution is -0.116. The van der Waals surface area contributed by atoms with Crippen LogP contribution in [0.2, 0.25) is 0 Å². The molecule has 8 heteroatoms. The molecule has 0 radical (unpaired) electrons. The molecule has 0 bridgehead atoms. The first-order chi connectivity index (χ1) is 13.6. The van der Waals surface area contributed by atoms with Crippen LogP contribution >= 0.6 is 0 Å². The third kappa shape index (κ3) is 6.00. The number of aryl methyl sites for hydroxylation is 2. The van der Waals surface area contributed by atoms with E-state index in [1.807, 2.05) is 32.0 Å². The van der Waals surface area contributed by atoms with E-state index in [0.717, 1.165) is 15.4 Å². The molecule has 0 unspecified atom stereocenters. The summed E-state index contributed by atoms with van der Waals surface area (Å²) in [6.45, 7) is 8.36. The average Bonchev–Trinajstić information content (AvgIpc) is 2.64. The van der Waals surface area contributed by atoms with E-state index >= 15 is 0 Å². The minimum absolute atomic E-state index is 0.0179. The number of hydrogen-bond donors (Lipinski definition) is 2. The van der Waals surface area contributed by atoms with Gasteiger partial charge in [0.1, 0.15) is 0 Å². The quantitative estimate of drug-likeness (QED) is 0.648. The summed E-state index contributed by atoms with van der Waals surface area (Å²) in [5.41, 5.74) is 3.00. The van der Waals surface area contributed by atoms with Crippen molar-refractivity contribution in [2.45, 2.75) is 25.7 Å². The van der Waals surface area contributed by atoms with Crippen LogP contribution in [0.4, 0.5) is 11.4 Å². The van der Waals surface area contributed by atoms with Crippen molar-refractivity contribution in [1.82, 2.24) is 4.31 Å². The molecule has 2 rings (SSSR count). The molecular formula is C21H25N3O4S. The average molecular weight is 416 g/mol. The van der Waals surface area contributed by atoms with Gasteiger partial charge in [-0.3, -0.25) is 9.59 Å². The van der Waals surface area contributed by atoms with Crippen molar-refractivity contribution in [3.63, 3.8) is 0 Å². The topological polar surface area (TPSA) is 95.6 Å². The van der Waals surface area contributed by atoms with Crippen molar-refractivity contribution in [2.24, 2.45) is 0 Å². The summed E-state index contributed by atoms with van der Waals surface area (Å²) in [7, 11) is -3.93. The Morgan fingerprint density at radius 1 is 1.07 bits per heavy atom. The van der Waals surface area contributed by atoms with Crippen molar-refractivity contribution in [3.05, 3.63) is 66.2 Å². The van der Waals surface area contributed by atoms with Gasteiger partial charge in [0.25, 0.3) is 0 Å². The fourth-order valence-electron chi connectivity index (χ4n) is 2.67. The van der Waals surface area contributed by atoms with Gasteiger partial charge in [0.2, 0.25) is 21.8 Å².